The van der Waals surface area contributed by atoms with Gasteiger partial charge in [-0.3, -0.25) is 0 Å². The van der Waals surface area contributed by atoms with Gasteiger partial charge in [0.2, 0.25) is 0 Å². The molecular formula is C18H23N3O2S. The Hall–Kier alpha value is -2.08. The average molecular weight is 345 g/mol. The molecule has 1 saturated heterocycles. The molecule has 1 unspecified atom stereocenters. The molecule has 2 heterocycles. The fourth-order valence-electron chi connectivity index (χ4n) is 3.08. The van der Waals surface area contributed by atoms with Crippen LogP contribution in [0.1, 0.15) is 18.4 Å². The van der Waals surface area contributed by atoms with Gasteiger partial charge in [0.1, 0.15) is 10.7 Å². The van der Waals surface area contributed by atoms with E-state index in [0.717, 1.165) is 25.9 Å². The van der Waals surface area contributed by atoms with Crippen molar-refractivity contribution in [2.45, 2.75) is 30.7 Å². The monoisotopic (exact) mass is 345 g/mol. The molecule has 1 fully saturated rings. The molecule has 0 radical (unpaired) electrons. The summed E-state index contributed by atoms with van der Waals surface area (Å²) in [6.45, 7) is 3.93. The first-order chi connectivity index (χ1) is 11.4. The van der Waals surface area contributed by atoms with Gasteiger partial charge in [-0.1, -0.05) is 17.7 Å². The molecule has 6 heteroatoms. The molecule has 1 aliphatic heterocycles. The zero-order chi connectivity index (χ0) is 17.2. The lowest BCUT2D eigenvalue weighted by molar-refractivity contribution is 0.527. The third-order valence-corrected chi connectivity index (χ3v) is 5.46. The Morgan fingerprint density at radius 1 is 1.21 bits per heavy atom. The number of hydrogen-bond acceptors (Lipinski definition) is 5. The first kappa shape index (κ1) is 16.8. The van der Waals surface area contributed by atoms with Crippen molar-refractivity contribution in [1.29, 1.82) is 0 Å². The summed E-state index contributed by atoms with van der Waals surface area (Å²) in [6, 6.07) is 11.9. The molecule has 3 rings (SSSR count). The van der Waals surface area contributed by atoms with Crippen molar-refractivity contribution in [3.63, 3.8) is 0 Å². The SMILES string of the molecule is Cc1ccc(N2CCCC(Nc3ncccc3S(C)(=O)=O)C2)cc1. The van der Waals surface area contributed by atoms with E-state index in [-0.39, 0.29) is 10.9 Å². The fraction of sp³-hybridized carbons (Fsp3) is 0.389. The molecule has 0 amide bonds. The van der Waals surface area contributed by atoms with Crippen LogP contribution in [0.2, 0.25) is 0 Å². The molecular weight excluding hydrogens is 322 g/mol. The second kappa shape index (κ2) is 6.81. The number of piperidine rings is 1. The van der Waals surface area contributed by atoms with Crippen LogP contribution in [-0.2, 0) is 9.84 Å². The minimum absolute atomic E-state index is 0.176. The van der Waals surface area contributed by atoms with Crippen LogP contribution in [-0.4, -0.2) is 38.8 Å². The maximum absolute atomic E-state index is 11.9. The van der Waals surface area contributed by atoms with E-state index < -0.39 is 9.84 Å². The highest BCUT2D eigenvalue weighted by Crippen LogP contribution is 2.24. The third kappa shape index (κ3) is 3.87. The molecule has 1 atom stereocenters. The predicted octanol–water partition coefficient (Wildman–Crippen LogP) is 2.87. The second-order valence-electron chi connectivity index (χ2n) is 6.39. The minimum Gasteiger partial charge on any atom is -0.369 e. The van der Waals surface area contributed by atoms with Crippen LogP contribution >= 0.6 is 0 Å². The van der Waals surface area contributed by atoms with Crippen molar-refractivity contribution in [1.82, 2.24) is 4.98 Å². The largest absolute Gasteiger partial charge is 0.369 e. The van der Waals surface area contributed by atoms with Crippen LogP contribution in [0, 0.1) is 6.92 Å². The molecule has 0 aliphatic carbocycles. The van der Waals surface area contributed by atoms with E-state index in [1.807, 2.05) is 0 Å². The number of rotatable bonds is 4. The van der Waals surface area contributed by atoms with Crippen molar-refractivity contribution in [3.8, 4) is 0 Å². The summed E-state index contributed by atoms with van der Waals surface area (Å²) in [5, 5.41) is 3.34. The first-order valence-electron chi connectivity index (χ1n) is 8.17. The lowest BCUT2D eigenvalue weighted by atomic mass is 10.0. The smallest absolute Gasteiger partial charge is 0.179 e. The highest BCUT2D eigenvalue weighted by molar-refractivity contribution is 7.90. The second-order valence-corrected chi connectivity index (χ2v) is 8.37. The maximum Gasteiger partial charge on any atom is 0.179 e. The molecule has 5 nitrogen and oxygen atoms in total. The van der Waals surface area contributed by atoms with Crippen LogP contribution in [0.5, 0.6) is 0 Å². The summed E-state index contributed by atoms with van der Waals surface area (Å²) >= 11 is 0. The van der Waals surface area contributed by atoms with E-state index in [2.05, 4.69) is 46.4 Å². The van der Waals surface area contributed by atoms with Gasteiger partial charge in [-0.15, -0.1) is 0 Å². The Kier molecular flexibility index (Phi) is 4.76. The normalized spacial score (nSPS) is 18.4. The Morgan fingerprint density at radius 2 is 1.96 bits per heavy atom. The van der Waals surface area contributed by atoms with Gasteiger partial charge in [-0.05, 0) is 44.0 Å². The molecule has 1 aromatic heterocycles. The number of hydrogen-bond donors (Lipinski definition) is 1. The fourth-order valence-corrected chi connectivity index (χ4v) is 3.87. The van der Waals surface area contributed by atoms with Crippen LogP contribution in [0.4, 0.5) is 11.5 Å². The predicted molar refractivity (Wildman–Crippen MR) is 97.4 cm³/mol. The van der Waals surface area contributed by atoms with Crippen molar-refractivity contribution >= 4 is 21.3 Å². The number of nitrogens with zero attached hydrogens (tertiary/aromatic N) is 2. The summed E-state index contributed by atoms with van der Waals surface area (Å²) < 4.78 is 23.8. The number of pyridine rings is 1. The van der Waals surface area contributed by atoms with Crippen LogP contribution in [0.3, 0.4) is 0 Å². The maximum atomic E-state index is 11.9. The van der Waals surface area contributed by atoms with E-state index in [1.165, 1.54) is 17.5 Å². The molecule has 128 valence electrons. The van der Waals surface area contributed by atoms with Crippen molar-refractivity contribution < 1.29 is 8.42 Å². The number of nitrogens with one attached hydrogen (secondary N) is 1. The molecule has 0 bridgehead atoms. The highest BCUT2D eigenvalue weighted by atomic mass is 32.2. The summed E-state index contributed by atoms with van der Waals surface area (Å²) in [5.41, 5.74) is 2.45. The topological polar surface area (TPSA) is 62.3 Å². The summed E-state index contributed by atoms with van der Waals surface area (Å²) in [6.07, 6.45) is 4.90. The first-order valence-corrected chi connectivity index (χ1v) is 10.1. The van der Waals surface area contributed by atoms with Gasteiger partial charge in [0.05, 0.1) is 0 Å². The number of sulfone groups is 1. The van der Waals surface area contributed by atoms with Gasteiger partial charge in [-0.25, -0.2) is 13.4 Å². The van der Waals surface area contributed by atoms with Crippen LogP contribution in [0.15, 0.2) is 47.5 Å². The number of aryl methyl sites for hydroxylation is 1. The van der Waals surface area contributed by atoms with Crippen LogP contribution < -0.4 is 10.2 Å². The van der Waals surface area contributed by atoms with Gasteiger partial charge in [0, 0.05) is 37.3 Å². The molecule has 1 aromatic carbocycles. The summed E-state index contributed by atoms with van der Waals surface area (Å²) in [7, 11) is -3.29. The molecule has 0 saturated carbocycles. The van der Waals surface area contributed by atoms with Gasteiger partial charge in [0.25, 0.3) is 0 Å². The number of benzene rings is 1. The standard InChI is InChI=1S/C18H23N3O2S/c1-14-7-9-16(10-8-14)21-12-4-5-15(13-21)20-18-17(24(2,22)23)6-3-11-19-18/h3,6-11,15H,4-5,12-13H2,1-2H3,(H,19,20). The lowest BCUT2D eigenvalue weighted by Crippen LogP contribution is -2.42. The molecule has 0 spiro atoms. The average Bonchev–Trinajstić information content (AvgIpc) is 2.55. The van der Waals surface area contributed by atoms with E-state index in [9.17, 15) is 8.42 Å². The van der Waals surface area contributed by atoms with Crippen molar-refractivity contribution in [2.24, 2.45) is 0 Å². The molecule has 24 heavy (non-hydrogen) atoms. The van der Waals surface area contributed by atoms with Crippen molar-refractivity contribution in [3.05, 3.63) is 48.2 Å². The summed E-state index contributed by atoms with van der Waals surface area (Å²) in [4.78, 5) is 6.84. The highest BCUT2D eigenvalue weighted by Gasteiger charge is 2.22. The summed E-state index contributed by atoms with van der Waals surface area (Å²) in [5.74, 6) is 0.454. The molecule has 2 aromatic rings. The van der Waals surface area contributed by atoms with E-state index in [4.69, 9.17) is 0 Å². The Labute approximate surface area is 143 Å². The van der Waals surface area contributed by atoms with E-state index >= 15 is 0 Å². The molecule has 1 aliphatic rings. The van der Waals surface area contributed by atoms with Gasteiger partial charge in [-0.2, -0.15) is 0 Å². The van der Waals surface area contributed by atoms with Gasteiger partial charge >= 0.3 is 0 Å². The van der Waals surface area contributed by atoms with Crippen LogP contribution in [0.25, 0.3) is 0 Å². The zero-order valence-electron chi connectivity index (χ0n) is 14.1. The third-order valence-electron chi connectivity index (χ3n) is 4.33. The van der Waals surface area contributed by atoms with Gasteiger partial charge < -0.3 is 10.2 Å². The number of aromatic nitrogens is 1. The quantitative estimate of drug-likeness (QED) is 0.923. The van der Waals surface area contributed by atoms with Crippen molar-refractivity contribution in [2.75, 3.05) is 29.6 Å². The van der Waals surface area contributed by atoms with E-state index in [0.29, 0.717) is 5.82 Å². The number of anilines is 2. The van der Waals surface area contributed by atoms with E-state index in [1.54, 1.807) is 18.3 Å². The lowest BCUT2D eigenvalue weighted by Gasteiger charge is -2.35. The minimum atomic E-state index is -3.29. The molecule has 1 N–H and O–H groups in total. The Balaban J connectivity index is 1.76. The Morgan fingerprint density at radius 3 is 2.67 bits per heavy atom. The van der Waals surface area contributed by atoms with Gasteiger partial charge in [0.15, 0.2) is 9.84 Å². The zero-order valence-corrected chi connectivity index (χ0v) is 14.9. The Bertz CT molecular complexity index is 803.